The maximum Gasteiger partial charge on any atom is 0.167 e. The zero-order valence-corrected chi connectivity index (χ0v) is 7.34. The third-order valence-electron chi connectivity index (χ3n) is 2.16. The smallest absolute Gasteiger partial charge is 0.167 e. The highest BCUT2D eigenvalue weighted by Gasteiger charge is 2.17. The third kappa shape index (κ3) is 1.04. The van der Waals surface area contributed by atoms with Crippen LogP contribution in [0.4, 0.5) is 0 Å². The molecule has 0 saturated carbocycles. The lowest BCUT2D eigenvalue weighted by Crippen LogP contribution is -2.06. The Kier molecular flexibility index (Phi) is 1.47. The van der Waals surface area contributed by atoms with Crippen LogP contribution >= 0.6 is 0 Å². The van der Waals surface area contributed by atoms with Crippen LogP contribution in [0, 0.1) is 0 Å². The molecule has 0 N–H and O–H groups in total. The molecule has 0 aromatic carbocycles. The summed E-state index contributed by atoms with van der Waals surface area (Å²) < 4.78 is 5.59. The maximum atomic E-state index is 5.59. The SMILES string of the molecule is c1cnc2c(c1)Oc1cncnc1C2. The maximum absolute atomic E-state index is 5.59. The molecule has 2 aromatic rings. The zero-order chi connectivity index (χ0) is 9.38. The number of hydrogen-bond donors (Lipinski definition) is 0. The summed E-state index contributed by atoms with van der Waals surface area (Å²) in [5.74, 6) is 1.53. The molecule has 4 nitrogen and oxygen atoms in total. The molecule has 0 bridgehead atoms. The minimum Gasteiger partial charge on any atom is -0.452 e. The van der Waals surface area contributed by atoms with Crippen molar-refractivity contribution in [1.29, 1.82) is 0 Å². The predicted octanol–water partition coefficient (Wildman–Crippen LogP) is 1.57. The standard InChI is InChI=1S/C10H7N3O/c1-2-9-7(12-3-1)4-8-10(14-9)5-11-6-13-8/h1-3,5-6H,4H2. The normalized spacial score (nSPS) is 12.6. The number of pyridine rings is 1. The second kappa shape index (κ2) is 2.77. The van der Waals surface area contributed by atoms with E-state index in [-0.39, 0.29) is 0 Å². The fourth-order valence-electron chi connectivity index (χ4n) is 1.49. The Balaban J connectivity index is 2.12. The highest BCUT2D eigenvalue weighted by Crippen LogP contribution is 2.32. The van der Waals surface area contributed by atoms with Gasteiger partial charge in [0.1, 0.15) is 12.1 Å². The molecule has 0 spiro atoms. The Bertz CT molecular complexity index is 397. The Hall–Kier alpha value is -1.97. The second-order valence-corrected chi connectivity index (χ2v) is 3.06. The van der Waals surface area contributed by atoms with E-state index in [0.717, 1.165) is 22.9 Å². The molecule has 0 radical (unpaired) electrons. The van der Waals surface area contributed by atoms with Gasteiger partial charge in [0.15, 0.2) is 5.75 Å². The minimum absolute atomic E-state index is 0.716. The summed E-state index contributed by atoms with van der Waals surface area (Å²) in [6.45, 7) is 0. The molecule has 1 aliphatic heterocycles. The number of aromatic nitrogens is 3. The largest absolute Gasteiger partial charge is 0.452 e. The average molecular weight is 185 g/mol. The van der Waals surface area contributed by atoms with Crippen molar-refractivity contribution in [3.63, 3.8) is 0 Å². The van der Waals surface area contributed by atoms with Gasteiger partial charge in [0.05, 0.1) is 17.6 Å². The van der Waals surface area contributed by atoms with Crippen LogP contribution in [0.25, 0.3) is 0 Å². The molecule has 0 unspecified atom stereocenters. The van der Waals surface area contributed by atoms with Crippen LogP contribution in [-0.4, -0.2) is 15.0 Å². The molecule has 0 aliphatic carbocycles. The van der Waals surface area contributed by atoms with Gasteiger partial charge in [-0.15, -0.1) is 0 Å². The van der Waals surface area contributed by atoms with Crippen LogP contribution in [0.1, 0.15) is 11.4 Å². The van der Waals surface area contributed by atoms with Crippen molar-refractivity contribution in [2.45, 2.75) is 6.42 Å². The Morgan fingerprint density at radius 2 is 2.07 bits per heavy atom. The van der Waals surface area contributed by atoms with E-state index < -0.39 is 0 Å². The summed E-state index contributed by atoms with van der Waals surface area (Å²) in [5.41, 5.74) is 1.82. The lowest BCUT2D eigenvalue weighted by molar-refractivity contribution is 0.447. The van der Waals surface area contributed by atoms with Crippen molar-refractivity contribution < 1.29 is 4.74 Å². The third-order valence-corrected chi connectivity index (χ3v) is 2.16. The second-order valence-electron chi connectivity index (χ2n) is 3.06. The fraction of sp³-hybridized carbons (Fsp3) is 0.100. The summed E-state index contributed by atoms with van der Waals surface area (Å²) in [7, 11) is 0. The zero-order valence-electron chi connectivity index (χ0n) is 7.34. The van der Waals surface area contributed by atoms with Gasteiger partial charge in [-0.3, -0.25) is 4.98 Å². The number of hydrogen-bond acceptors (Lipinski definition) is 4. The number of rotatable bonds is 0. The monoisotopic (exact) mass is 185 g/mol. The van der Waals surface area contributed by atoms with E-state index in [0.29, 0.717) is 6.42 Å². The van der Waals surface area contributed by atoms with E-state index >= 15 is 0 Å². The van der Waals surface area contributed by atoms with Gasteiger partial charge in [-0.2, -0.15) is 0 Å². The van der Waals surface area contributed by atoms with E-state index in [1.807, 2.05) is 12.1 Å². The van der Waals surface area contributed by atoms with Gasteiger partial charge in [0.25, 0.3) is 0 Å². The van der Waals surface area contributed by atoms with E-state index in [1.54, 1.807) is 12.4 Å². The number of fused-ring (bicyclic) bond motifs is 2. The van der Waals surface area contributed by atoms with Gasteiger partial charge in [-0.05, 0) is 12.1 Å². The summed E-state index contributed by atoms with van der Waals surface area (Å²) in [5, 5.41) is 0. The lowest BCUT2D eigenvalue weighted by Gasteiger charge is -2.16. The lowest BCUT2D eigenvalue weighted by atomic mass is 10.1. The average Bonchev–Trinajstić information content (AvgIpc) is 2.26. The van der Waals surface area contributed by atoms with Crippen LogP contribution in [0.5, 0.6) is 11.5 Å². The minimum atomic E-state index is 0.716. The first-order valence-corrected chi connectivity index (χ1v) is 4.34. The Morgan fingerprint density at radius 3 is 3.07 bits per heavy atom. The van der Waals surface area contributed by atoms with Gasteiger partial charge in [0.2, 0.25) is 0 Å². The van der Waals surface area contributed by atoms with E-state index in [4.69, 9.17) is 4.74 Å². The van der Waals surface area contributed by atoms with Gasteiger partial charge < -0.3 is 4.74 Å². The molecule has 3 heterocycles. The predicted molar refractivity (Wildman–Crippen MR) is 49.1 cm³/mol. The van der Waals surface area contributed by atoms with Crippen LogP contribution in [0.2, 0.25) is 0 Å². The van der Waals surface area contributed by atoms with E-state index in [9.17, 15) is 0 Å². The molecule has 4 heteroatoms. The highest BCUT2D eigenvalue weighted by atomic mass is 16.5. The molecule has 1 aliphatic rings. The molecule has 0 atom stereocenters. The van der Waals surface area contributed by atoms with Gasteiger partial charge in [-0.1, -0.05) is 0 Å². The molecular formula is C10H7N3O. The van der Waals surface area contributed by atoms with Crippen LogP contribution < -0.4 is 4.74 Å². The van der Waals surface area contributed by atoms with Gasteiger partial charge in [0, 0.05) is 12.6 Å². The van der Waals surface area contributed by atoms with Crippen LogP contribution in [-0.2, 0) is 6.42 Å². The van der Waals surface area contributed by atoms with Crippen molar-refractivity contribution in [2.24, 2.45) is 0 Å². The van der Waals surface area contributed by atoms with E-state index in [2.05, 4.69) is 15.0 Å². The molecule has 68 valence electrons. The first kappa shape index (κ1) is 7.44. The molecular weight excluding hydrogens is 178 g/mol. The Labute approximate surface area is 80.6 Å². The Morgan fingerprint density at radius 1 is 1.14 bits per heavy atom. The number of ether oxygens (including phenoxy) is 1. The molecule has 2 aromatic heterocycles. The molecule has 0 amide bonds. The van der Waals surface area contributed by atoms with Crippen molar-refractivity contribution in [2.75, 3.05) is 0 Å². The summed E-state index contributed by atoms with van der Waals surface area (Å²) in [6, 6.07) is 3.76. The first-order valence-electron chi connectivity index (χ1n) is 4.34. The fourth-order valence-corrected chi connectivity index (χ4v) is 1.49. The van der Waals surface area contributed by atoms with E-state index in [1.165, 1.54) is 6.33 Å². The van der Waals surface area contributed by atoms with Gasteiger partial charge >= 0.3 is 0 Å². The molecule has 0 saturated heterocycles. The summed E-state index contributed by atoms with van der Waals surface area (Å²) in [4.78, 5) is 12.3. The van der Waals surface area contributed by atoms with Crippen LogP contribution in [0.15, 0.2) is 30.9 Å². The van der Waals surface area contributed by atoms with Gasteiger partial charge in [-0.25, -0.2) is 9.97 Å². The molecule has 0 fully saturated rings. The summed E-state index contributed by atoms with van der Waals surface area (Å²) in [6.07, 6.45) is 5.68. The van der Waals surface area contributed by atoms with Crippen molar-refractivity contribution >= 4 is 0 Å². The first-order chi connectivity index (χ1) is 6.93. The quantitative estimate of drug-likeness (QED) is 0.533. The van der Waals surface area contributed by atoms with Crippen molar-refractivity contribution in [1.82, 2.24) is 15.0 Å². The number of nitrogens with zero attached hydrogens (tertiary/aromatic N) is 3. The highest BCUT2D eigenvalue weighted by molar-refractivity contribution is 5.42. The van der Waals surface area contributed by atoms with Crippen molar-refractivity contribution in [3.05, 3.63) is 42.2 Å². The molecule has 3 rings (SSSR count). The van der Waals surface area contributed by atoms with Crippen molar-refractivity contribution in [3.8, 4) is 11.5 Å². The van der Waals surface area contributed by atoms with Crippen LogP contribution in [0.3, 0.4) is 0 Å². The molecule has 14 heavy (non-hydrogen) atoms. The topological polar surface area (TPSA) is 47.9 Å². The summed E-state index contributed by atoms with van der Waals surface area (Å²) >= 11 is 0.